The number of nitrogens with zero attached hydrogens (tertiary/aromatic N) is 3. The first-order valence-corrected chi connectivity index (χ1v) is 8.71. The normalized spacial score (nSPS) is 11.8. The van der Waals surface area contributed by atoms with E-state index in [2.05, 4.69) is 20.6 Å². The second kappa shape index (κ2) is 8.35. The third kappa shape index (κ3) is 4.08. The van der Waals surface area contributed by atoms with Gasteiger partial charge in [0, 0.05) is 30.1 Å². The number of benzene rings is 1. The zero-order valence-corrected chi connectivity index (χ0v) is 15.2. The molecule has 0 aliphatic heterocycles. The molecule has 1 atom stereocenters. The van der Waals surface area contributed by atoms with Crippen LogP contribution in [-0.2, 0) is 0 Å². The molecule has 0 bridgehead atoms. The number of rotatable bonds is 7. The average molecular weight is 364 g/mol. The molecular weight excluding hydrogens is 344 g/mol. The molecule has 7 heteroatoms. The maximum Gasteiger partial charge on any atom is 0.251 e. The number of hydrogen-bond donors (Lipinski definition) is 1. The highest BCUT2D eigenvalue weighted by molar-refractivity contribution is 5.95. The molecule has 0 fully saturated rings. The number of amides is 1. The van der Waals surface area contributed by atoms with Crippen molar-refractivity contribution in [3.63, 3.8) is 0 Å². The molecule has 3 aromatic rings. The predicted octanol–water partition coefficient (Wildman–Crippen LogP) is 3.99. The number of aromatic nitrogens is 2. The van der Waals surface area contributed by atoms with Gasteiger partial charge in [-0.3, -0.25) is 9.78 Å². The molecule has 1 amide bonds. The fourth-order valence-corrected chi connectivity index (χ4v) is 2.77. The van der Waals surface area contributed by atoms with E-state index in [1.807, 2.05) is 38.1 Å². The minimum atomic E-state index is -0.407. The van der Waals surface area contributed by atoms with Crippen LogP contribution in [0, 0.1) is 11.8 Å². The van der Waals surface area contributed by atoms with E-state index >= 15 is 0 Å². The van der Waals surface area contributed by atoms with Gasteiger partial charge in [-0.25, -0.2) is 0 Å². The van der Waals surface area contributed by atoms with Gasteiger partial charge in [0.25, 0.3) is 5.91 Å². The van der Waals surface area contributed by atoms with Crippen molar-refractivity contribution >= 4 is 5.91 Å². The fourth-order valence-electron chi connectivity index (χ4n) is 2.77. The lowest BCUT2D eigenvalue weighted by atomic mass is 9.99. The third-order valence-corrected chi connectivity index (χ3v) is 4.35. The quantitative estimate of drug-likeness (QED) is 0.639. The summed E-state index contributed by atoms with van der Waals surface area (Å²) in [4.78, 5) is 27.0. The van der Waals surface area contributed by atoms with Gasteiger partial charge in [0.15, 0.2) is 0 Å². The number of pyridine rings is 1. The van der Waals surface area contributed by atoms with Crippen molar-refractivity contribution in [3.8, 4) is 22.4 Å². The maximum absolute atomic E-state index is 12.2. The van der Waals surface area contributed by atoms with E-state index in [4.69, 9.17) is 4.52 Å². The Balaban J connectivity index is 1.81. The second-order valence-electron chi connectivity index (χ2n) is 6.16. The van der Waals surface area contributed by atoms with Crippen molar-refractivity contribution in [2.75, 3.05) is 6.54 Å². The van der Waals surface area contributed by atoms with E-state index in [0.29, 0.717) is 23.4 Å². The van der Waals surface area contributed by atoms with Crippen LogP contribution in [-0.4, -0.2) is 28.6 Å². The summed E-state index contributed by atoms with van der Waals surface area (Å²) in [6.07, 6.45) is 4.02. The Morgan fingerprint density at radius 3 is 2.63 bits per heavy atom. The molecule has 2 aromatic heterocycles. The van der Waals surface area contributed by atoms with Gasteiger partial charge in [0.05, 0.1) is 5.56 Å². The minimum absolute atomic E-state index is 0.233. The van der Waals surface area contributed by atoms with Crippen molar-refractivity contribution < 1.29 is 9.32 Å². The van der Waals surface area contributed by atoms with Crippen LogP contribution in [0.25, 0.3) is 22.4 Å². The molecular formula is C20H20N4O3. The van der Waals surface area contributed by atoms with E-state index in [-0.39, 0.29) is 12.5 Å². The summed E-state index contributed by atoms with van der Waals surface area (Å²) in [5, 5.41) is 9.87. The zero-order chi connectivity index (χ0) is 19.2. The van der Waals surface area contributed by atoms with Gasteiger partial charge in [0.2, 0.25) is 0 Å². The molecule has 1 aromatic carbocycles. The number of nitrogens with one attached hydrogen (secondary N) is 1. The molecule has 138 valence electrons. The summed E-state index contributed by atoms with van der Waals surface area (Å²) < 4.78 is 5.37. The SMILES string of the molecule is CCC(CNC(=O)c1ccc(-c2c(-c3cccnc3)noc2C)cc1)N=O. The molecule has 0 saturated heterocycles. The summed E-state index contributed by atoms with van der Waals surface area (Å²) in [5.74, 6) is 0.451. The van der Waals surface area contributed by atoms with Crippen LogP contribution in [0.3, 0.4) is 0 Å². The average Bonchev–Trinajstić information content (AvgIpc) is 3.11. The van der Waals surface area contributed by atoms with Crippen molar-refractivity contribution in [1.82, 2.24) is 15.5 Å². The molecule has 1 unspecified atom stereocenters. The lowest BCUT2D eigenvalue weighted by molar-refractivity contribution is 0.0951. The van der Waals surface area contributed by atoms with Crippen LogP contribution in [0.1, 0.15) is 29.5 Å². The van der Waals surface area contributed by atoms with E-state index < -0.39 is 6.04 Å². The first-order valence-electron chi connectivity index (χ1n) is 8.71. The predicted molar refractivity (Wildman–Crippen MR) is 102 cm³/mol. The number of hydrogen-bond acceptors (Lipinski definition) is 6. The number of carbonyl (C=O) groups excluding carboxylic acids is 1. The van der Waals surface area contributed by atoms with Crippen molar-refractivity contribution in [3.05, 3.63) is 65.0 Å². The Hall–Kier alpha value is -3.35. The van der Waals surface area contributed by atoms with Gasteiger partial charge in [-0.1, -0.05) is 29.4 Å². The number of nitroso groups, excluding NO2 is 1. The molecule has 0 aliphatic rings. The molecule has 2 heterocycles. The van der Waals surface area contributed by atoms with Gasteiger partial charge in [-0.15, -0.1) is 0 Å². The van der Waals surface area contributed by atoms with Gasteiger partial charge in [-0.05, 0) is 43.2 Å². The number of aryl methyl sites for hydroxylation is 1. The van der Waals surface area contributed by atoms with Gasteiger partial charge in [-0.2, -0.15) is 4.91 Å². The minimum Gasteiger partial charge on any atom is -0.360 e. The summed E-state index contributed by atoms with van der Waals surface area (Å²) in [5.41, 5.74) is 3.84. The van der Waals surface area contributed by atoms with Crippen molar-refractivity contribution in [2.45, 2.75) is 26.3 Å². The molecule has 0 aliphatic carbocycles. The summed E-state index contributed by atoms with van der Waals surface area (Å²) in [7, 11) is 0. The molecule has 1 N–H and O–H groups in total. The molecule has 7 nitrogen and oxygen atoms in total. The van der Waals surface area contributed by atoms with Crippen LogP contribution in [0.5, 0.6) is 0 Å². The highest BCUT2D eigenvalue weighted by atomic mass is 16.5. The summed E-state index contributed by atoms with van der Waals surface area (Å²) in [6, 6.07) is 10.5. The fraction of sp³-hybridized carbons (Fsp3) is 0.250. The van der Waals surface area contributed by atoms with Crippen LogP contribution in [0.15, 0.2) is 58.5 Å². The standard InChI is InChI=1S/C20H20N4O3/c1-3-17(23-26)12-22-20(25)15-8-6-14(7-9-15)18-13(2)27-24-19(18)16-5-4-10-21-11-16/h4-11,17H,3,12H2,1-2H3,(H,22,25). The summed E-state index contributed by atoms with van der Waals surface area (Å²) in [6.45, 7) is 3.94. The Morgan fingerprint density at radius 2 is 2.00 bits per heavy atom. The topological polar surface area (TPSA) is 97.5 Å². The van der Waals surface area contributed by atoms with E-state index in [9.17, 15) is 9.70 Å². The Kier molecular flexibility index (Phi) is 5.71. The van der Waals surface area contributed by atoms with Crippen molar-refractivity contribution in [1.29, 1.82) is 0 Å². The van der Waals surface area contributed by atoms with Crippen LogP contribution >= 0.6 is 0 Å². The summed E-state index contributed by atoms with van der Waals surface area (Å²) >= 11 is 0. The van der Waals surface area contributed by atoms with Crippen molar-refractivity contribution in [2.24, 2.45) is 5.18 Å². The Morgan fingerprint density at radius 1 is 1.22 bits per heavy atom. The first kappa shape index (κ1) is 18.4. The highest BCUT2D eigenvalue weighted by Gasteiger charge is 2.17. The Bertz CT molecular complexity index is 920. The molecule has 3 rings (SSSR count). The third-order valence-electron chi connectivity index (χ3n) is 4.35. The van der Waals surface area contributed by atoms with Gasteiger partial charge >= 0.3 is 0 Å². The van der Waals surface area contributed by atoms with E-state index in [1.165, 1.54) is 0 Å². The van der Waals surface area contributed by atoms with E-state index in [0.717, 1.165) is 16.7 Å². The van der Waals surface area contributed by atoms with Crippen LogP contribution in [0.2, 0.25) is 0 Å². The van der Waals surface area contributed by atoms with Crippen LogP contribution < -0.4 is 5.32 Å². The molecule has 0 saturated carbocycles. The number of carbonyl (C=O) groups is 1. The zero-order valence-electron chi connectivity index (χ0n) is 15.2. The Labute approximate surface area is 156 Å². The highest BCUT2D eigenvalue weighted by Crippen LogP contribution is 2.33. The lowest BCUT2D eigenvalue weighted by Gasteiger charge is -2.09. The monoisotopic (exact) mass is 364 g/mol. The molecule has 0 radical (unpaired) electrons. The molecule has 27 heavy (non-hydrogen) atoms. The van der Waals surface area contributed by atoms with E-state index in [1.54, 1.807) is 24.5 Å². The molecule has 0 spiro atoms. The van der Waals surface area contributed by atoms with Gasteiger partial charge < -0.3 is 9.84 Å². The van der Waals surface area contributed by atoms with Gasteiger partial charge in [0.1, 0.15) is 17.5 Å². The smallest absolute Gasteiger partial charge is 0.251 e. The van der Waals surface area contributed by atoms with Crippen LogP contribution in [0.4, 0.5) is 0 Å². The first-order chi connectivity index (χ1) is 13.1. The second-order valence-corrected chi connectivity index (χ2v) is 6.16. The largest absolute Gasteiger partial charge is 0.360 e. The lowest BCUT2D eigenvalue weighted by Crippen LogP contribution is -2.30. The maximum atomic E-state index is 12.2.